The summed E-state index contributed by atoms with van der Waals surface area (Å²) in [7, 11) is -2.16. The van der Waals surface area contributed by atoms with Gasteiger partial charge in [-0.3, -0.25) is 9.10 Å². The summed E-state index contributed by atoms with van der Waals surface area (Å²) in [6, 6.07) is 11.6. The summed E-state index contributed by atoms with van der Waals surface area (Å²) >= 11 is 0. The van der Waals surface area contributed by atoms with Crippen LogP contribution in [0.1, 0.15) is 6.92 Å². The van der Waals surface area contributed by atoms with E-state index in [1.807, 2.05) is 0 Å². The molecule has 0 radical (unpaired) electrons. The van der Waals surface area contributed by atoms with Gasteiger partial charge in [-0.15, -0.1) is 0 Å². The van der Waals surface area contributed by atoms with E-state index in [0.717, 1.165) is 4.31 Å². The molecule has 2 aromatic rings. The fraction of sp³-hybridized carbons (Fsp3) is 0.278. The van der Waals surface area contributed by atoms with E-state index in [0.29, 0.717) is 28.6 Å². The van der Waals surface area contributed by atoms with E-state index >= 15 is 0 Å². The van der Waals surface area contributed by atoms with Crippen LogP contribution in [0.5, 0.6) is 17.2 Å². The van der Waals surface area contributed by atoms with Crippen molar-refractivity contribution in [2.75, 3.05) is 35.8 Å². The number of sulfonamides is 1. The number of rotatable bonds is 7. The van der Waals surface area contributed by atoms with E-state index < -0.39 is 15.9 Å². The quantitative estimate of drug-likeness (QED) is 0.777. The number of ether oxygens (including phenoxy) is 3. The Morgan fingerprint density at radius 3 is 2.70 bits per heavy atom. The summed E-state index contributed by atoms with van der Waals surface area (Å²) in [6.45, 7) is 1.23. The summed E-state index contributed by atoms with van der Waals surface area (Å²) in [5.41, 5.74) is 0.848. The fourth-order valence-electron chi connectivity index (χ4n) is 2.58. The molecule has 3 rings (SSSR count). The van der Waals surface area contributed by atoms with Crippen molar-refractivity contribution in [1.29, 1.82) is 0 Å². The molecular weight excluding hydrogens is 372 g/mol. The second-order valence-electron chi connectivity index (χ2n) is 5.72. The molecular formula is C18H20N2O6S. The zero-order valence-electron chi connectivity index (χ0n) is 15.0. The first kappa shape index (κ1) is 18.8. The highest BCUT2D eigenvalue weighted by molar-refractivity contribution is 7.92. The van der Waals surface area contributed by atoms with Crippen LogP contribution < -0.4 is 23.8 Å². The normalized spacial score (nSPS) is 12.5. The SMILES string of the molecule is CCS(=O)(=O)N(CC(=O)Nc1cccc(OC)c1)c1ccc2c(c1)OCO2. The summed E-state index contributed by atoms with van der Waals surface area (Å²) < 4.78 is 41.8. The monoisotopic (exact) mass is 392 g/mol. The van der Waals surface area contributed by atoms with Crippen LogP contribution in [-0.2, 0) is 14.8 Å². The number of benzene rings is 2. The van der Waals surface area contributed by atoms with E-state index in [9.17, 15) is 13.2 Å². The number of methoxy groups -OCH3 is 1. The molecule has 1 N–H and O–H groups in total. The van der Waals surface area contributed by atoms with Gasteiger partial charge in [-0.25, -0.2) is 8.42 Å². The average molecular weight is 392 g/mol. The second-order valence-corrected chi connectivity index (χ2v) is 7.91. The van der Waals surface area contributed by atoms with E-state index in [2.05, 4.69) is 5.32 Å². The smallest absolute Gasteiger partial charge is 0.245 e. The third-order valence-corrected chi connectivity index (χ3v) is 5.73. The lowest BCUT2D eigenvalue weighted by molar-refractivity contribution is -0.114. The summed E-state index contributed by atoms with van der Waals surface area (Å²) in [5.74, 6) is 0.943. The van der Waals surface area contributed by atoms with Crippen LogP contribution in [0.3, 0.4) is 0 Å². The largest absolute Gasteiger partial charge is 0.497 e. The van der Waals surface area contributed by atoms with E-state index in [-0.39, 0.29) is 19.1 Å². The van der Waals surface area contributed by atoms with Gasteiger partial charge in [-0.1, -0.05) is 6.07 Å². The van der Waals surface area contributed by atoms with Crippen LogP contribution in [0, 0.1) is 0 Å². The predicted octanol–water partition coefficient (Wildman–Crippen LogP) is 2.22. The van der Waals surface area contributed by atoms with Gasteiger partial charge in [-0.2, -0.15) is 0 Å². The van der Waals surface area contributed by atoms with Gasteiger partial charge in [-0.05, 0) is 31.2 Å². The Kier molecular flexibility index (Phi) is 5.41. The highest BCUT2D eigenvalue weighted by Crippen LogP contribution is 2.36. The van der Waals surface area contributed by atoms with E-state index in [4.69, 9.17) is 14.2 Å². The molecule has 1 heterocycles. The van der Waals surface area contributed by atoms with Crippen molar-refractivity contribution in [3.63, 3.8) is 0 Å². The first-order valence-corrected chi connectivity index (χ1v) is 9.88. The number of amides is 1. The van der Waals surface area contributed by atoms with Gasteiger partial charge in [0.1, 0.15) is 12.3 Å². The minimum Gasteiger partial charge on any atom is -0.497 e. The van der Waals surface area contributed by atoms with Gasteiger partial charge in [0.05, 0.1) is 18.6 Å². The summed E-state index contributed by atoms with van der Waals surface area (Å²) in [4.78, 5) is 12.5. The van der Waals surface area contributed by atoms with Crippen LogP contribution in [0.2, 0.25) is 0 Å². The Morgan fingerprint density at radius 1 is 1.19 bits per heavy atom. The van der Waals surface area contributed by atoms with Crippen molar-refractivity contribution in [1.82, 2.24) is 0 Å². The van der Waals surface area contributed by atoms with Gasteiger partial charge in [0.15, 0.2) is 11.5 Å². The Bertz CT molecular complexity index is 945. The minimum atomic E-state index is -3.68. The Balaban J connectivity index is 1.82. The maximum atomic E-state index is 12.5. The number of carbonyl (C=O) groups is 1. The molecule has 0 atom stereocenters. The third kappa shape index (κ3) is 4.25. The molecule has 0 aromatic heterocycles. The molecule has 1 aliphatic rings. The van der Waals surface area contributed by atoms with Crippen molar-refractivity contribution in [3.8, 4) is 17.2 Å². The molecule has 0 bridgehead atoms. The molecule has 0 saturated heterocycles. The van der Waals surface area contributed by atoms with Crippen molar-refractivity contribution in [2.24, 2.45) is 0 Å². The van der Waals surface area contributed by atoms with Gasteiger partial charge in [0.25, 0.3) is 0 Å². The van der Waals surface area contributed by atoms with Crippen LogP contribution >= 0.6 is 0 Å². The molecule has 1 amide bonds. The zero-order valence-corrected chi connectivity index (χ0v) is 15.8. The molecule has 0 aliphatic carbocycles. The molecule has 9 heteroatoms. The second kappa shape index (κ2) is 7.75. The zero-order chi connectivity index (χ0) is 19.4. The van der Waals surface area contributed by atoms with Crippen molar-refractivity contribution in [2.45, 2.75) is 6.92 Å². The van der Waals surface area contributed by atoms with Crippen molar-refractivity contribution < 1.29 is 27.4 Å². The molecule has 0 saturated carbocycles. The van der Waals surface area contributed by atoms with Gasteiger partial charge in [0, 0.05) is 17.8 Å². The van der Waals surface area contributed by atoms with Crippen LogP contribution in [0.25, 0.3) is 0 Å². The maximum absolute atomic E-state index is 12.5. The van der Waals surface area contributed by atoms with Crippen LogP contribution in [-0.4, -0.2) is 40.5 Å². The lowest BCUT2D eigenvalue weighted by Crippen LogP contribution is -2.39. The Hall–Kier alpha value is -2.94. The molecule has 144 valence electrons. The molecule has 8 nitrogen and oxygen atoms in total. The van der Waals surface area contributed by atoms with Gasteiger partial charge < -0.3 is 19.5 Å². The number of fused-ring (bicyclic) bond motifs is 1. The molecule has 0 spiro atoms. The van der Waals surface area contributed by atoms with Crippen LogP contribution in [0.4, 0.5) is 11.4 Å². The number of nitrogens with zero attached hydrogens (tertiary/aromatic N) is 1. The van der Waals surface area contributed by atoms with Gasteiger partial charge in [0.2, 0.25) is 22.7 Å². The molecule has 27 heavy (non-hydrogen) atoms. The number of anilines is 2. The topological polar surface area (TPSA) is 94.2 Å². The number of hydrogen-bond donors (Lipinski definition) is 1. The minimum absolute atomic E-state index is 0.0790. The van der Waals surface area contributed by atoms with E-state index in [1.165, 1.54) is 14.0 Å². The molecule has 1 aliphatic heterocycles. The fourth-order valence-corrected chi connectivity index (χ4v) is 3.64. The standard InChI is InChI=1S/C18H20N2O6S/c1-3-27(22,23)20(14-7-8-16-17(10-14)26-12-25-16)11-18(21)19-13-5-4-6-15(9-13)24-2/h4-10H,3,11-12H2,1-2H3,(H,19,21). The van der Waals surface area contributed by atoms with Gasteiger partial charge >= 0.3 is 0 Å². The summed E-state index contributed by atoms with van der Waals surface area (Å²) in [5, 5.41) is 2.68. The Labute approximate surface area is 157 Å². The van der Waals surface area contributed by atoms with Crippen molar-refractivity contribution >= 4 is 27.3 Å². The number of hydrogen-bond acceptors (Lipinski definition) is 6. The first-order chi connectivity index (χ1) is 12.9. The lowest BCUT2D eigenvalue weighted by Gasteiger charge is -2.23. The predicted molar refractivity (Wildman–Crippen MR) is 101 cm³/mol. The molecule has 0 unspecified atom stereocenters. The first-order valence-electron chi connectivity index (χ1n) is 8.27. The summed E-state index contributed by atoms with van der Waals surface area (Å²) in [6.07, 6.45) is 0. The Morgan fingerprint density at radius 2 is 1.96 bits per heavy atom. The molecule has 0 fully saturated rings. The van der Waals surface area contributed by atoms with E-state index in [1.54, 1.807) is 42.5 Å². The number of carbonyl (C=O) groups excluding carboxylic acids is 1. The lowest BCUT2D eigenvalue weighted by atomic mass is 10.2. The highest BCUT2D eigenvalue weighted by Gasteiger charge is 2.25. The average Bonchev–Trinajstić information content (AvgIpc) is 3.14. The maximum Gasteiger partial charge on any atom is 0.245 e. The third-order valence-electron chi connectivity index (χ3n) is 3.99. The van der Waals surface area contributed by atoms with Crippen LogP contribution in [0.15, 0.2) is 42.5 Å². The van der Waals surface area contributed by atoms with Crippen molar-refractivity contribution in [3.05, 3.63) is 42.5 Å². The molecule has 2 aromatic carbocycles. The highest BCUT2D eigenvalue weighted by atomic mass is 32.2. The number of nitrogens with one attached hydrogen (secondary N) is 1.